The van der Waals surface area contributed by atoms with Gasteiger partial charge in [-0.2, -0.15) is 0 Å². The predicted octanol–water partition coefficient (Wildman–Crippen LogP) is 3.23. The predicted molar refractivity (Wildman–Crippen MR) is 84.4 cm³/mol. The molecule has 0 aromatic heterocycles. The largest absolute Gasteiger partial charge is 0.490 e. The zero-order valence-electron chi connectivity index (χ0n) is 12.9. The molecule has 1 aliphatic rings. The van der Waals surface area contributed by atoms with Crippen molar-refractivity contribution in [1.29, 1.82) is 0 Å². The van der Waals surface area contributed by atoms with Crippen molar-refractivity contribution >= 4 is 5.91 Å². The van der Waals surface area contributed by atoms with E-state index in [2.05, 4.69) is 5.32 Å². The summed E-state index contributed by atoms with van der Waals surface area (Å²) < 4.78 is 24.1. The molecule has 0 spiro atoms. The number of fused-ring (bicyclic) bond motifs is 1. The summed E-state index contributed by atoms with van der Waals surface area (Å²) in [5.41, 5.74) is 2.22. The van der Waals surface area contributed by atoms with E-state index in [-0.39, 0.29) is 11.7 Å². The first kappa shape index (κ1) is 15.3. The molecule has 0 atom stereocenters. The first-order valence-electron chi connectivity index (χ1n) is 7.56. The number of hydrogen-bond acceptors (Lipinski definition) is 3. The van der Waals surface area contributed by atoms with Gasteiger partial charge in [-0.1, -0.05) is 12.1 Å². The van der Waals surface area contributed by atoms with Gasteiger partial charge in [-0.25, -0.2) is 4.39 Å². The highest BCUT2D eigenvalue weighted by molar-refractivity contribution is 5.96. The van der Waals surface area contributed by atoms with Crippen LogP contribution in [0.1, 0.15) is 27.9 Å². The lowest BCUT2D eigenvalue weighted by atomic mass is 10.1. The van der Waals surface area contributed by atoms with Crippen LogP contribution in [0.25, 0.3) is 0 Å². The number of nitrogens with one attached hydrogen (secondary N) is 1. The minimum Gasteiger partial charge on any atom is -0.490 e. The van der Waals surface area contributed by atoms with Gasteiger partial charge in [0, 0.05) is 18.5 Å². The molecule has 2 aromatic carbocycles. The van der Waals surface area contributed by atoms with Crippen LogP contribution in [0.4, 0.5) is 4.39 Å². The van der Waals surface area contributed by atoms with Crippen molar-refractivity contribution in [2.24, 2.45) is 0 Å². The van der Waals surface area contributed by atoms with E-state index in [4.69, 9.17) is 9.47 Å². The van der Waals surface area contributed by atoms with Crippen molar-refractivity contribution in [1.82, 2.24) is 5.32 Å². The molecule has 2 aromatic rings. The molecule has 4 nitrogen and oxygen atoms in total. The second kappa shape index (κ2) is 6.69. The summed E-state index contributed by atoms with van der Waals surface area (Å²) >= 11 is 0. The van der Waals surface area contributed by atoms with Gasteiger partial charge in [0.15, 0.2) is 11.5 Å². The highest BCUT2D eigenvalue weighted by Crippen LogP contribution is 2.32. The molecule has 1 aliphatic heterocycles. The first-order valence-corrected chi connectivity index (χ1v) is 7.56. The van der Waals surface area contributed by atoms with Crippen molar-refractivity contribution in [2.75, 3.05) is 13.2 Å². The third kappa shape index (κ3) is 3.62. The maximum atomic E-state index is 12.9. The molecular formula is C18H18FNO3. The summed E-state index contributed by atoms with van der Waals surface area (Å²) in [4.78, 5) is 12.4. The van der Waals surface area contributed by atoms with Crippen LogP contribution in [-0.4, -0.2) is 19.1 Å². The topological polar surface area (TPSA) is 47.6 Å². The third-order valence-corrected chi connectivity index (χ3v) is 3.71. The van der Waals surface area contributed by atoms with Crippen LogP contribution < -0.4 is 14.8 Å². The van der Waals surface area contributed by atoms with Crippen LogP contribution in [0.5, 0.6) is 11.5 Å². The number of aryl methyl sites for hydroxylation is 1. The average Bonchev–Trinajstić information content (AvgIpc) is 2.78. The van der Waals surface area contributed by atoms with Crippen molar-refractivity contribution in [3.63, 3.8) is 0 Å². The first-order chi connectivity index (χ1) is 11.1. The van der Waals surface area contributed by atoms with E-state index in [9.17, 15) is 9.18 Å². The number of hydrogen-bond donors (Lipinski definition) is 1. The number of ether oxygens (including phenoxy) is 2. The highest BCUT2D eigenvalue weighted by Gasteiger charge is 2.17. The Morgan fingerprint density at radius 1 is 1.13 bits per heavy atom. The molecule has 1 amide bonds. The molecule has 0 aliphatic carbocycles. The van der Waals surface area contributed by atoms with Crippen LogP contribution >= 0.6 is 0 Å². The zero-order chi connectivity index (χ0) is 16.2. The molecule has 0 saturated heterocycles. The van der Waals surface area contributed by atoms with Crippen molar-refractivity contribution in [3.05, 3.63) is 58.9 Å². The lowest BCUT2D eigenvalue weighted by Crippen LogP contribution is -2.23. The van der Waals surface area contributed by atoms with E-state index in [0.717, 1.165) is 17.5 Å². The maximum absolute atomic E-state index is 12.9. The van der Waals surface area contributed by atoms with Crippen molar-refractivity contribution in [3.8, 4) is 11.5 Å². The molecule has 1 heterocycles. The molecule has 23 heavy (non-hydrogen) atoms. The molecule has 0 saturated carbocycles. The Morgan fingerprint density at radius 2 is 1.78 bits per heavy atom. The molecule has 5 heteroatoms. The molecule has 0 unspecified atom stereocenters. The molecule has 120 valence electrons. The summed E-state index contributed by atoms with van der Waals surface area (Å²) in [6, 6.07) is 9.59. The van der Waals surface area contributed by atoms with E-state index in [1.54, 1.807) is 18.2 Å². The average molecular weight is 315 g/mol. The van der Waals surface area contributed by atoms with Crippen molar-refractivity contribution < 1.29 is 18.7 Å². The summed E-state index contributed by atoms with van der Waals surface area (Å²) in [5.74, 6) is 0.788. The SMILES string of the molecule is Cc1cc2c(cc1C(=O)NCc1ccc(F)cc1)OCCCO2. The van der Waals surface area contributed by atoms with E-state index in [1.165, 1.54) is 12.1 Å². The van der Waals surface area contributed by atoms with Gasteiger partial charge in [0.05, 0.1) is 13.2 Å². The number of rotatable bonds is 3. The fourth-order valence-electron chi connectivity index (χ4n) is 2.43. The van der Waals surface area contributed by atoms with Gasteiger partial charge in [-0.05, 0) is 42.3 Å². The minimum absolute atomic E-state index is 0.192. The zero-order valence-corrected chi connectivity index (χ0v) is 12.9. The lowest BCUT2D eigenvalue weighted by molar-refractivity contribution is 0.0950. The summed E-state index contributed by atoms with van der Waals surface area (Å²) in [7, 11) is 0. The van der Waals surface area contributed by atoms with Crippen LogP contribution in [-0.2, 0) is 6.54 Å². The number of amides is 1. The summed E-state index contributed by atoms with van der Waals surface area (Å²) in [6.07, 6.45) is 0.819. The van der Waals surface area contributed by atoms with Gasteiger partial charge >= 0.3 is 0 Å². The Hall–Kier alpha value is -2.56. The molecular weight excluding hydrogens is 297 g/mol. The Kier molecular flexibility index (Phi) is 4.46. The Morgan fingerprint density at radius 3 is 2.48 bits per heavy atom. The monoisotopic (exact) mass is 315 g/mol. The summed E-state index contributed by atoms with van der Waals surface area (Å²) in [5, 5.41) is 2.84. The van der Waals surface area contributed by atoms with Gasteiger partial charge in [-0.3, -0.25) is 4.79 Å². The second-order valence-electron chi connectivity index (χ2n) is 5.47. The molecule has 1 N–H and O–H groups in total. The number of carbonyl (C=O) groups is 1. The standard InChI is InChI=1S/C18H18FNO3/c1-12-9-16-17(23-8-2-7-22-16)10-15(12)18(21)20-11-13-3-5-14(19)6-4-13/h3-6,9-10H,2,7-8,11H2,1H3,(H,20,21). The van der Waals surface area contributed by atoms with Gasteiger partial charge < -0.3 is 14.8 Å². The second-order valence-corrected chi connectivity index (χ2v) is 5.47. The van der Waals surface area contributed by atoms with Crippen LogP contribution in [0.15, 0.2) is 36.4 Å². The van der Waals surface area contributed by atoms with Gasteiger partial charge in [0.25, 0.3) is 5.91 Å². The molecule has 0 radical (unpaired) electrons. The number of benzene rings is 2. The van der Waals surface area contributed by atoms with Crippen LogP contribution in [0, 0.1) is 12.7 Å². The summed E-state index contributed by atoms with van der Waals surface area (Å²) in [6.45, 7) is 3.39. The fourth-order valence-corrected chi connectivity index (χ4v) is 2.43. The molecule has 0 bridgehead atoms. The van der Waals surface area contributed by atoms with Crippen LogP contribution in [0.2, 0.25) is 0 Å². The maximum Gasteiger partial charge on any atom is 0.251 e. The number of carbonyl (C=O) groups excluding carboxylic acids is 1. The van der Waals surface area contributed by atoms with Gasteiger partial charge in [-0.15, -0.1) is 0 Å². The number of halogens is 1. The normalized spacial score (nSPS) is 13.3. The van der Waals surface area contributed by atoms with Gasteiger partial charge in [0.1, 0.15) is 5.82 Å². The highest BCUT2D eigenvalue weighted by atomic mass is 19.1. The van der Waals surface area contributed by atoms with E-state index in [1.807, 2.05) is 13.0 Å². The lowest BCUT2D eigenvalue weighted by Gasteiger charge is -2.13. The van der Waals surface area contributed by atoms with Crippen molar-refractivity contribution in [2.45, 2.75) is 19.9 Å². The van der Waals surface area contributed by atoms with E-state index in [0.29, 0.717) is 36.8 Å². The van der Waals surface area contributed by atoms with Gasteiger partial charge in [0.2, 0.25) is 0 Å². The van der Waals surface area contributed by atoms with E-state index >= 15 is 0 Å². The molecule has 3 rings (SSSR count). The smallest absolute Gasteiger partial charge is 0.251 e. The third-order valence-electron chi connectivity index (χ3n) is 3.71. The Bertz CT molecular complexity index is 713. The fraction of sp³-hybridized carbons (Fsp3) is 0.278. The Balaban J connectivity index is 1.74. The molecule has 0 fully saturated rings. The van der Waals surface area contributed by atoms with E-state index < -0.39 is 0 Å². The minimum atomic E-state index is -0.293. The van der Waals surface area contributed by atoms with Crippen LogP contribution in [0.3, 0.4) is 0 Å². The quantitative estimate of drug-likeness (QED) is 0.946. The Labute approximate surface area is 134 Å².